The zero-order valence-electron chi connectivity index (χ0n) is 15.0. The number of thioether (sulfide) groups is 1. The van der Waals surface area contributed by atoms with Crippen LogP contribution >= 0.6 is 11.8 Å². The highest BCUT2D eigenvalue weighted by molar-refractivity contribution is 7.98. The molecule has 0 radical (unpaired) electrons. The second kappa shape index (κ2) is 8.18. The third-order valence-corrected chi connectivity index (χ3v) is 4.79. The molecule has 2 aromatic heterocycles. The number of amides is 1. The van der Waals surface area contributed by atoms with E-state index in [1.165, 1.54) is 11.8 Å². The highest BCUT2D eigenvalue weighted by atomic mass is 32.2. The standard InChI is InChI=1S/C18H21N5O2S/c1-12-15(13(2)25-22-12)9-17(24)19-10-16-20-21-18(26-3)23(16)11-14-7-5-4-6-8-14/h4-8H,9-11H2,1-3H3,(H,19,24). The lowest BCUT2D eigenvalue weighted by atomic mass is 10.1. The van der Waals surface area contributed by atoms with Crippen LogP contribution < -0.4 is 5.32 Å². The average Bonchev–Trinajstić information content (AvgIpc) is 3.18. The summed E-state index contributed by atoms with van der Waals surface area (Å²) >= 11 is 1.53. The van der Waals surface area contributed by atoms with Crippen molar-refractivity contribution >= 4 is 17.7 Å². The molecule has 0 aliphatic carbocycles. The Hall–Kier alpha value is -2.61. The number of carbonyl (C=O) groups excluding carboxylic acids is 1. The van der Waals surface area contributed by atoms with E-state index < -0.39 is 0 Å². The van der Waals surface area contributed by atoms with Gasteiger partial charge >= 0.3 is 0 Å². The van der Waals surface area contributed by atoms with Gasteiger partial charge < -0.3 is 14.4 Å². The summed E-state index contributed by atoms with van der Waals surface area (Å²) in [5.41, 5.74) is 2.73. The van der Waals surface area contributed by atoms with E-state index in [4.69, 9.17) is 4.52 Å². The van der Waals surface area contributed by atoms with E-state index in [2.05, 4.69) is 32.8 Å². The van der Waals surface area contributed by atoms with Crippen LogP contribution in [0.4, 0.5) is 0 Å². The lowest BCUT2D eigenvalue weighted by Gasteiger charge is -2.10. The third kappa shape index (κ3) is 4.13. The first-order valence-electron chi connectivity index (χ1n) is 8.27. The summed E-state index contributed by atoms with van der Waals surface area (Å²) in [6, 6.07) is 10.1. The van der Waals surface area contributed by atoms with Crippen LogP contribution in [0.1, 0.15) is 28.4 Å². The number of aryl methyl sites for hydroxylation is 2. The summed E-state index contributed by atoms with van der Waals surface area (Å²) in [5, 5.41) is 16.1. The van der Waals surface area contributed by atoms with Gasteiger partial charge in [-0.2, -0.15) is 0 Å². The fourth-order valence-corrected chi connectivity index (χ4v) is 3.19. The lowest BCUT2D eigenvalue weighted by molar-refractivity contribution is -0.120. The molecule has 0 bridgehead atoms. The maximum Gasteiger partial charge on any atom is 0.225 e. The molecule has 7 nitrogen and oxygen atoms in total. The molecule has 0 unspecified atom stereocenters. The molecule has 0 saturated heterocycles. The molecule has 3 aromatic rings. The smallest absolute Gasteiger partial charge is 0.225 e. The fraction of sp³-hybridized carbons (Fsp3) is 0.333. The number of carbonyl (C=O) groups is 1. The van der Waals surface area contributed by atoms with E-state index >= 15 is 0 Å². The molecule has 1 aromatic carbocycles. The van der Waals surface area contributed by atoms with Gasteiger partial charge in [-0.25, -0.2) is 0 Å². The van der Waals surface area contributed by atoms with Crippen molar-refractivity contribution in [3.8, 4) is 0 Å². The number of nitrogens with one attached hydrogen (secondary N) is 1. The zero-order valence-corrected chi connectivity index (χ0v) is 15.8. The largest absolute Gasteiger partial charge is 0.361 e. The second-order valence-electron chi connectivity index (χ2n) is 5.93. The van der Waals surface area contributed by atoms with Gasteiger partial charge in [0.25, 0.3) is 0 Å². The Morgan fingerprint density at radius 1 is 1.23 bits per heavy atom. The molecule has 0 fully saturated rings. The van der Waals surface area contributed by atoms with Crippen LogP contribution in [0.25, 0.3) is 0 Å². The van der Waals surface area contributed by atoms with Gasteiger partial charge in [-0.1, -0.05) is 47.3 Å². The van der Waals surface area contributed by atoms with E-state index in [0.717, 1.165) is 27.8 Å². The summed E-state index contributed by atoms with van der Waals surface area (Å²) in [5.74, 6) is 1.30. The highest BCUT2D eigenvalue weighted by Gasteiger charge is 2.16. The van der Waals surface area contributed by atoms with Crippen LogP contribution in [0, 0.1) is 13.8 Å². The van der Waals surface area contributed by atoms with E-state index in [1.54, 1.807) is 0 Å². The lowest BCUT2D eigenvalue weighted by Crippen LogP contribution is -2.26. The quantitative estimate of drug-likeness (QED) is 0.642. The zero-order chi connectivity index (χ0) is 18.5. The van der Waals surface area contributed by atoms with Gasteiger partial charge in [0.2, 0.25) is 5.91 Å². The number of nitrogens with zero attached hydrogens (tertiary/aromatic N) is 4. The van der Waals surface area contributed by atoms with Crippen molar-refractivity contribution < 1.29 is 9.32 Å². The second-order valence-corrected chi connectivity index (χ2v) is 6.70. The summed E-state index contributed by atoms with van der Waals surface area (Å²) in [7, 11) is 0. The molecular weight excluding hydrogens is 350 g/mol. The summed E-state index contributed by atoms with van der Waals surface area (Å²) in [6.07, 6.45) is 2.20. The van der Waals surface area contributed by atoms with Gasteiger partial charge in [0.05, 0.1) is 25.2 Å². The van der Waals surface area contributed by atoms with Gasteiger partial charge in [-0.15, -0.1) is 10.2 Å². The van der Waals surface area contributed by atoms with Crippen molar-refractivity contribution in [2.24, 2.45) is 0 Å². The minimum atomic E-state index is -0.0978. The third-order valence-electron chi connectivity index (χ3n) is 4.12. The van der Waals surface area contributed by atoms with Crippen LogP contribution in [0.2, 0.25) is 0 Å². The van der Waals surface area contributed by atoms with Crippen LogP contribution in [0.15, 0.2) is 40.0 Å². The Morgan fingerprint density at radius 3 is 2.65 bits per heavy atom. The van der Waals surface area contributed by atoms with Crippen LogP contribution in [-0.4, -0.2) is 32.1 Å². The molecule has 1 amide bonds. The molecule has 26 heavy (non-hydrogen) atoms. The molecule has 0 aliphatic heterocycles. The number of hydrogen-bond acceptors (Lipinski definition) is 6. The predicted molar refractivity (Wildman–Crippen MR) is 98.9 cm³/mol. The first kappa shape index (κ1) is 18.2. The Bertz CT molecular complexity index is 869. The van der Waals surface area contributed by atoms with Gasteiger partial charge in [-0.3, -0.25) is 4.79 Å². The van der Waals surface area contributed by atoms with Crippen molar-refractivity contribution in [2.75, 3.05) is 6.26 Å². The van der Waals surface area contributed by atoms with E-state index in [9.17, 15) is 4.79 Å². The number of rotatable bonds is 7. The van der Waals surface area contributed by atoms with Crippen LogP contribution in [0.3, 0.4) is 0 Å². The highest BCUT2D eigenvalue weighted by Crippen LogP contribution is 2.16. The molecular formula is C18H21N5O2S. The van der Waals surface area contributed by atoms with Crippen molar-refractivity contribution in [3.63, 3.8) is 0 Å². The normalized spacial score (nSPS) is 10.9. The molecule has 1 N–H and O–H groups in total. The minimum Gasteiger partial charge on any atom is -0.361 e. The first-order valence-corrected chi connectivity index (χ1v) is 9.49. The maximum atomic E-state index is 12.3. The SMILES string of the molecule is CSc1nnc(CNC(=O)Cc2c(C)noc2C)n1Cc1ccccc1. The van der Waals surface area contributed by atoms with Crippen LogP contribution in [-0.2, 0) is 24.3 Å². The topological polar surface area (TPSA) is 85.8 Å². The Labute approximate surface area is 156 Å². The fourth-order valence-electron chi connectivity index (χ4n) is 2.68. The Kier molecular flexibility index (Phi) is 5.72. The van der Waals surface area contributed by atoms with E-state index in [-0.39, 0.29) is 12.3 Å². The Balaban J connectivity index is 1.68. The van der Waals surface area contributed by atoms with Gasteiger partial charge in [0.1, 0.15) is 5.76 Å². The molecule has 136 valence electrons. The molecule has 8 heteroatoms. The first-order chi connectivity index (χ1) is 12.6. The average molecular weight is 371 g/mol. The maximum absolute atomic E-state index is 12.3. The monoisotopic (exact) mass is 371 g/mol. The van der Waals surface area contributed by atoms with E-state index in [1.807, 2.05) is 42.9 Å². The summed E-state index contributed by atoms with van der Waals surface area (Å²) in [4.78, 5) is 12.3. The predicted octanol–water partition coefficient (Wildman–Crippen LogP) is 2.51. The molecule has 2 heterocycles. The molecule has 0 spiro atoms. The molecule has 0 atom stereocenters. The van der Waals surface area contributed by atoms with Crippen molar-refractivity contribution in [1.82, 2.24) is 25.2 Å². The van der Waals surface area contributed by atoms with Crippen molar-refractivity contribution in [2.45, 2.75) is 38.5 Å². The molecule has 0 saturated carbocycles. The summed E-state index contributed by atoms with van der Waals surface area (Å²) in [6.45, 7) is 4.63. The number of aromatic nitrogens is 4. The minimum absolute atomic E-state index is 0.0978. The van der Waals surface area contributed by atoms with Gasteiger partial charge in [0.15, 0.2) is 11.0 Å². The van der Waals surface area contributed by atoms with Gasteiger partial charge in [0, 0.05) is 5.56 Å². The number of benzene rings is 1. The van der Waals surface area contributed by atoms with Crippen molar-refractivity contribution in [3.05, 3.63) is 58.7 Å². The van der Waals surface area contributed by atoms with Crippen LogP contribution in [0.5, 0.6) is 0 Å². The van der Waals surface area contributed by atoms with Crippen molar-refractivity contribution in [1.29, 1.82) is 0 Å². The summed E-state index contributed by atoms with van der Waals surface area (Å²) < 4.78 is 7.13. The molecule has 3 rings (SSSR count). The molecule has 0 aliphatic rings. The van der Waals surface area contributed by atoms with E-state index in [0.29, 0.717) is 18.8 Å². The number of hydrogen-bond donors (Lipinski definition) is 1. The van der Waals surface area contributed by atoms with Gasteiger partial charge in [-0.05, 0) is 25.7 Å². The Morgan fingerprint density at radius 2 is 2.00 bits per heavy atom.